The molecule has 0 amide bonds. The summed E-state index contributed by atoms with van der Waals surface area (Å²) >= 11 is 5.55. The van der Waals surface area contributed by atoms with Crippen molar-refractivity contribution in [2.75, 3.05) is 43.4 Å². The van der Waals surface area contributed by atoms with E-state index in [1.54, 1.807) is 0 Å². The van der Waals surface area contributed by atoms with Gasteiger partial charge in [0.15, 0.2) is 9.84 Å². The third-order valence-electron chi connectivity index (χ3n) is 3.27. The fourth-order valence-corrected chi connectivity index (χ4v) is 6.03. The minimum atomic E-state index is -3.47. The molecule has 0 aromatic carbocycles. The second-order valence-electron chi connectivity index (χ2n) is 4.87. The molecule has 1 heterocycles. The number of sulfone groups is 1. The molecule has 20 heavy (non-hydrogen) atoms. The van der Waals surface area contributed by atoms with Crippen molar-refractivity contribution in [1.82, 2.24) is 4.31 Å². The molecule has 1 fully saturated rings. The Morgan fingerprint density at radius 2 is 2.05 bits per heavy atom. The lowest BCUT2D eigenvalue weighted by molar-refractivity contribution is 0.169. The first-order valence-electron chi connectivity index (χ1n) is 6.57. The van der Waals surface area contributed by atoms with Gasteiger partial charge in [-0.05, 0) is 19.3 Å². The minimum Gasteiger partial charge on any atom is -0.383 e. The molecule has 0 N–H and O–H groups in total. The Morgan fingerprint density at radius 3 is 2.55 bits per heavy atom. The molecule has 1 aliphatic rings. The summed E-state index contributed by atoms with van der Waals surface area (Å²) in [6, 6.07) is -0.462. The number of unbranched alkanes of at least 4 members (excludes halogenated alkanes) is 1. The number of alkyl halides is 1. The zero-order chi connectivity index (χ0) is 15.2. The second kappa shape index (κ2) is 7.93. The summed E-state index contributed by atoms with van der Waals surface area (Å²) in [5.41, 5.74) is 0. The molecule has 0 aromatic rings. The van der Waals surface area contributed by atoms with Crippen LogP contribution in [0.1, 0.15) is 19.3 Å². The van der Waals surface area contributed by atoms with Gasteiger partial charge in [-0.25, -0.2) is 16.8 Å². The summed E-state index contributed by atoms with van der Waals surface area (Å²) < 4.78 is 54.0. The normalized spacial score (nSPS) is 22.4. The van der Waals surface area contributed by atoms with E-state index in [-0.39, 0.29) is 30.4 Å². The Kier molecular flexibility index (Phi) is 7.20. The van der Waals surface area contributed by atoms with Crippen molar-refractivity contribution in [3.63, 3.8) is 0 Å². The van der Waals surface area contributed by atoms with Crippen LogP contribution in [0.15, 0.2) is 0 Å². The molecule has 0 aromatic heterocycles. The molecule has 6 nitrogen and oxygen atoms in total. The predicted molar refractivity (Wildman–Crippen MR) is 79.4 cm³/mol. The van der Waals surface area contributed by atoms with Crippen molar-refractivity contribution >= 4 is 31.5 Å². The maximum absolute atomic E-state index is 12.3. The molecule has 1 saturated heterocycles. The van der Waals surface area contributed by atoms with Gasteiger partial charge in [-0.3, -0.25) is 0 Å². The number of halogens is 1. The Hall–Kier alpha value is 0.110. The van der Waals surface area contributed by atoms with E-state index in [2.05, 4.69) is 0 Å². The van der Waals surface area contributed by atoms with Crippen molar-refractivity contribution in [2.24, 2.45) is 0 Å². The fourth-order valence-electron chi connectivity index (χ4n) is 2.23. The first-order chi connectivity index (χ1) is 9.32. The Labute approximate surface area is 126 Å². The van der Waals surface area contributed by atoms with Crippen molar-refractivity contribution < 1.29 is 21.6 Å². The summed E-state index contributed by atoms with van der Waals surface area (Å²) in [7, 11) is -5.10. The number of hydrogen-bond acceptors (Lipinski definition) is 5. The van der Waals surface area contributed by atoms with Crippen LogP contribution in [0.5, 0.6) is 0 Å². The standard InChI is InChI=1S/C11H22ClNO5S2/c1-18-7-6-13(11-4-9-19(14,15)10-11)20(16,17)8-3-2-5-12/h11H,2-10H2,1H3. The summed E-state index contributed by atoms with van der Waals surface area (Å²) in [5, 5.41) is 0. The van der Waals surface area contributed by atoms with E-state index in [0.29, 0.717) is 25.1 Å². The predicted octanol–water partition coefficient (Wildman–Crippen LogP) is 0.471. The van der Waals surface area contributed by atoms with E-state index in [0.717, 1.165) is 0 Å². The van der Waals surface area contributed by atoms with E-state index in [1.807, 2.05) is 0 Å². The lowest BCUT2D eigenvalue weighted by Gasteiger charge is -2.27. The SMILES string of the molecule is COCCN(C1CCS(=O)(=O)C1)S(=O)(=O)CCCCCl. The molecule has 120 valence electrons. The number of sulfonamides is 1. The highest BCUT2D eigenvalue weighted by Gasteiger charge is 2.37. The van der Waals surface area contributed by atoms with E-state index in [9.17, 15) is 16.8 Å². The number of methoxy groups -OCH3 is 1. The number of nitrogens with zero attached hydrogens (tertiary/aromatic N) is 1. The van der Waals surface area contributed by atoms with E-state index >= 15 is 0 Å². The van der Waals surface area contributed by atoms with Crippen LogP contribution < -0.4 is 0 Å². The van der Waals surface area contributed by atoms with Crippen molar-refractivity contribution in [2.45, 2.75) is 25.3 Å². The summed E-state index contributed by atoms with van der Waals surface area (Å²) in [4.78, 5) is 0. The monoisotopic (exact) mass is 347 g/mol. The second-order valence-corrected chi connectivity index (χ2v) is 9.52. The number of hydrogen-bond donors (Lipinski definition) is 0. The maximum Gasteiger partial charge on any atom is 0.214 e. The lowest BCUT2D eigenvalue weighted by atomic mass is 10.3. The molecular weight excluding hydrogens is 326 g/mol. The van der Waals surface area contributed by atoms with Gasteiger partial charge in [0.05, 0.1) is 23.9 Å². The van der Waals surface area contributed by atoms with Crippen LogP contribution in [-0.2, 0) is 24.6 Å². The maximum atomic E-state index is 12.3. The zero-order valence-electron chi connectivity index (χ0n) is 11.6. The molecule has 0 bridgehead atoms. The largest absolute Gasteiger partial charge is 0.383 e. The quantitative estimate of drug-likeness (QED) is 0.447. The average molecular weight is 348 g/mol. The van der Waals surface area contributed by atoms with Gasteiger partial charge in [-0.2, -0.15) is 4.31 Å². The molecule has 1 rings (SSSR count). The van der Waals surface area contributed by atoms with Gasteiger partial charge >= 0.3 is 0 Å². The highest BCUT2D eigenvalue weighted by molar-refractivity contribution is 7.92. The zero-order valence-corrected chi connectivity index (χ0v) is 14.0. The van der Waals surface area contributed by atoms with E-state index in [1.165, 1.54) is 11.4 Å². The van der Waals surface area contributed by atoms with Gasteiger partial charge in [-0.15, -0.1) is 11.6 Å². The summed E-state index contributed by atoms with van der Waals surface area (Å²) in [5.74, 6) is 0.384. The van der Waals surface area contributed by atoms with Gasteiger partial charge in [0.25, 0.3) is 0 Å². The van der Waals surface area contributed by atoms with Crippen LogP contribution in [-0.4, -0.2) is 70.6 Å². The first kappa shape index (κ1) is 18.2. The fraction of sp³-hybridized carbons (Fsp3) is 1.00. The molecule has 0 aliphatic carbocycles. The number of ether oxygens (including phenoxy) is 1. The Bertz CT molecular complexity index is 491. The van der Waals surface area contributed by atoms with Crippen LogP contribution in [0, 0.1) is 0 Å². The van der Waals surface area contributed by atoms with Gasteiger partial charge in [-0.1, -0.05) is 0 Å². The van der Waals surface area contributed by atoms with Crippen LogP contribution >= 0.6 is 11.6 Å². The lowest BCUT2D eigenvalue weighted by Crippen LogP contribution is -2.44. The minimum absolute atomic E-state index is 0.0000180. The highest BCUT2D eigenvalue weighted by Crippen LogP contribution is 2.21. The van der Waals surface area contributed by atoms with E-state index < -0.39 is 25.9 Å². The summed E-state index contributed by atoms with van der Waals surface area (Å²) in [6.45, 7) is 0.450. The molecule has 1 aliphatic heterocycles. The van der Waals surface area contributed by atoms with Gasteiger partial charge in [0.2, 0.25) is 10.0 Å². The van der Waals surface area contributed by atoms with Crippen molar-refractivity contribution in [1.29, 1.82) is 0 Å². The molecule has 0 spiro atoms. The van der Waals surface area contributed by atoms with E-state index in [4.69, 9.17) is 16.3 Å². The molecule has 0 radical (unpaired) electrons. The van der Waals surface area contributed by atoms with Gasteiger partial charge in [0, 0.05) is 25.6 Å². The van der Waals surface area contributed by atoms with Crippen molar-refractivity contribution in [3.05, 3.63) is 0 Å². The third kappa shape index (κ3) is 5.48. The molecular formula is C11H22ClNO5S2. The van der Waals surface area contributed by atoms with Gasteiger partial charge in [0.1, 0.15) is 0 Å². The number of rotatable bonds is 9. The summed E-state index contributed by atoms with van der Waals surface area (Å²) in [6.07, 6.45) is 1.47. The van der Waals surface area contributed by atoms with Crippen LogP contribution in [0.3, 0.4) is 0 Å². The Morgan fingerprint density at radius 1 is 1.35 bits per heavy atom. The Balaban J connectivity index is 2.78. The van der Waals surface area contributed by atoms with Gasteiger partial charge < -0.3 is 4.74 Å². The van der Waals surface area contributed by atoms with Crippen LogP contribution in [0.4, 0.5) is 0 Å². The third-order valence-corrected chi connectivity index (χ3v) is 7.29. The molecule has 1 unspecified atom stereocenters. The first-order valence-corrected chi connectivity index (χ1v) is 10.5. The molecule has 1 atom stereocenters. The average Bonchev–Trinajstić information content (AvgIpc) is 2.70. The molecule has 9 heteroatoms. The topological polar surface area (TPSA) is 80.8 Å². The van der Waals surface area contributed by atoms with Crippen LogP contribution in [0.25, 0.3) is 0 Å². The van der Waals surface area contributed by atoms with Crippen LogP contribution in [0.2, 0.25) is 0 Å². The smallest absolute Gasteiger partial charge is 0.214 e. The molecule has 0 saturated carbocycles. The van der Waals surface area contributed by atoms with Crippen molar-refractivity contribution in [3.8, 4) is 0 Å². The highest BCUT2D eigenvalue weighted by atomic mass is 35.5.